The highest BCUT2D eigenvalue weighted by molar-refractivity contribution is 7.12. The summed E-state index contributed by atoms with van der Waals surface area (Å²) in [6.07, 6.45) is 0.731. The summed E-state index contributed by atoms with van der Waals surface area (Å²) in [4.78, 5) is 19.5. The van der Waals surface area contributed by atoms with Gasteiger partial charge in [-0.15, -0.1) is 11.3 Å². The van der Waals surface area contributed by atoms with Crippen LogP contribution in [0.2, 0.25) is 0 Å². The molecule has 21 heavy (non-hydrogen) atoms. The van der Waals surface area contributed by atoms with E-state index >= 15 is 0 Å². The van der Waals surface area contributed by atoms with Crippen LogP contribution in [-0.2, 0) is 4.79 Å². The van der Waals surface area contributed by atoms with Crippen molar-refractivity contribution in [3.05, 3.63) is 21.9 Å². The molecule has 2 aliphatic rings. The van der Waals surface area contributed by atoms with E-state index in [2.05, 4.69) is 24.0 Å². The van der Waals surface area contributed by atoms with E-state index in [9.17, 15) is 9.90 Å². The molecule has 2 heterocycles. The average Bonchev–Trinajstić information content (AvgIpc) is 3.13. The number of rotatable bonds is 4. The summed E-state index contributed by atoms with van der Waals surface area (Å²) in [7, 11) is 0. The lowest BCUT2D eigenvalue weighted by atomic mass is 10.2. The Morgan fingerprint density at radius 1 is 1.38 bits per heavy atom. The van der Waals surface area contributed by atoms with Crippen molar-refractivity contribution < 1.29 is 9.90 Å². The standard InChI is InChI=1S/C16H24N2O2S/c1-11(19)10-17-5-7-18(8-6-17)16(20)14-9-13(14)15-4-3-12(2)21-15/h3-4,11,13-14,19H,5-10H2,1-2H3. The fourth-order valence-corrected chi connectivity index (χ4v) is 4.25. The van der Waals surface area contributed by atoms with Gasteiger partial charge in [0.15, 0.2) is 0 Å². The van der Waals surface area contributed by atoms with E-state index in [4.69, 9.17) is 0 Å². The maximum atomic E-state index is 12.5. The van der Waals surface area contributed by atoms with E-state index < -0.39 is 0 Å². The van der Waals surface area contributed by atoms with Gasteiger partial charge in [0.1, 0.15) is 0 Å². The zero-order valence-corrected chi connectivity index (χ0v) is 13.6. The van der Waals surface area contributed by atoms with Gasteiger partial charge in [-0.05, 0) is 32.4 Å². The number of aryl methyl sites for hydroxylation is 1. The molecule has 4 nitrogen and oxygen atoms in total. The lowest BCUT2D eigenvalue weighted by Gasteiger charge is -2.35. The highest BCUT2D eigenvalue weighted by Gasteiger charge is 2.46. The second-order valence-electron chi connectivity index (χ2n) is 6.37. The quantitative estimate of drug-likeness (QED) is 0.920. The largest absolute Gasteiger partial charge is 0.392 e. The zero-order valence-electron chi connectivity index (χ0n) is 12.8. The maximum absolute atomic E-state index is 12.5. The van der Waals surface area contributed by atoms with Crippen molar-refractivity contribution in [1.82, 2.24) is 9.80 Å². The lowest BCUT2D eigenvalue weighted by Crippen LogP contribution is -2.50. The number of hydrogen-bond donors (Lipinski definition) is 1. The van der Waals surface area contributed by atoms with Gasteiger partial charge in [0, 0.05) is 54.3 Å². The van der Waals surface area contributed by atoms with Crippen LogP contribution in [0.25, 0.3) is 0 Å². The topological polar surface area (TPSA) is 43.8 Å². The van der Waals surface area contributed by atoms with Crippen LogP contribution in [0.15, 0.2) is 12.1 Å². The van der Waals surface area contributed by atoms with E-state index in [-0.39, 0.29) is 12.0 Å². The highest BCUT2D eigenvalue weighted by atomic mass is 32.1. The molecule has 0 spiro atoms. The summed E-state index contributed by atoms with van der Waals surface area (Å²) < 4.78 is 0. The Morgan fingerprint density at radius 2 is 2.10 bits per heavy atom. The van der Waals surface area contributed by atoms with Crippen LogP contribution < -0.4 is 0 Å². The Hall–Kier alpha value is -0.910. The third-order valence-electron chi connectivity index (χ3n) is 4.44. The molecule has 1 amide bonds. The molecule has 1 aliphatic carbocycles. The van der Waals surface area contributed by atoms with Gasteiger partial charge in [-0.3, -0.25) is 9.69 Å². The second kappa shape index (κ2) is 6.07. The monoisotopic (exact) mass is 308 g/mol. The molecular formula is C16H24N2O2S. The molecular weight excluding hydrogens is 284 g/mol. The first-order valence-corrected chi connectivity index (χ1v) is 8.62. The van der Waals surface area contributed by atoms with Crippen molar-refractivity contribution in [2.75, 3.05) is 32.7 Å². The van der Waals surface area contributed by atoms with Gasteiger partial charge >= 0.3 is 0 Å². The van der Waals surface area contributed by atoms with Crippen molar-refractivity contribution in [2.24, 2.45) is 5.92 Å². The third kappa shape index (κ3) is 3.47. The van der Waals surface area contributed by atoms with Crippen LogP contribution in [0.5, 0.6) is 0 Å². The Kier molecular flexibility index (Phi) is 4.33. The molecule has 1 aliphatic heterocycles. The lowest BCUT2D eigenvalue weighted by molar-refractivity contribution is -0.134. The Bertz CT molecular complexity index is 506. The predicted octanol–water partition coefficient (Wildman–Crippen LogP) is 1.69. The molecule has 1 saturated carbocycles. The number of piperazine rings is 1. The number of aliphatic hydroxyl groups excluding tert-OH is 1. The molecule has 0 bridgehead atoms. The molecule has 3 atom stereocenters. The number of amides is 1. The number of carbonyl (C=O) groups excluding carboxylic acids is 1. The van der Waals surface area contributed by atoms with Crippen molar-refractivity contribution in [2.45, 2.75) is 32.3 Å². The van der Waals surface area contributed by atoms with E-state index in [1.54, 1.807) is 0 Å². The second-order valence-corrected chi connectivity index (χ2v) is 7.69. The third-order valence-corrected chi connectivity index (χ3v) is 5.57. The number of aliphatic hydroxyl groups is 1. The maximum Gasteiger partial charge on any atom is 0.226 e. The first kappa shape index (κ1) is 15.0. The van der Waals surface area contributed by atoms with Gasteiger partial charge in [0.25, 0.3) is 0 Å². The molecule has 1 aromatic rings. The summed E-state index contributed by atoms with van der Waals surface area (Å²) in [5, 5.41) is 9.42. The minimum atomic E-state index is -0.290. The Balaban J connectivity index is 1.49. The van der Waals surface area contributed by atoms with Gasteiger partial charge in [-0.25, -0.2) is 0 Å². The number of carbonyl (C=O) groups is 1. The molecule has 0 radical (unpaired) electrons. The van der Waals surface area contributed by atoms with Crippen molar-refractivity contribution in [3.63, 3.8) is 0 Å². The van der Waals surface area contributed by atoms with Crippen molar-refractivity contribution in [1.29, 1.82) is 0 Å². The average molecular weight is 308 g/mol. The molecule has 2 fully saturated rings. The molecule has 5 heteroatoms. The minimum absolute atomic E-state index is 0.214. The summed E-state index contributed by atoms with van der Waals surface area (Å²) in [5.41, 5.74) is 0. The van der Waals surface area contributed by atoms with Crippen LogP contribution in [0.1, 0.15) is 29.0 Å². The summed E-state index contributed by atoms with van der Waals surface area (Å²) in [6.45, 7) is 8.02. The SMILES string of the molecule is Cc1ccc(C2CC2C(=O)N2CCN(CC(C)O)CC2)s1. The number of thiophene rings is 1. The predicted molar refractivity (Wildman–Crippen MR) is 84.6 cm³/mol. The fourth-order valence-electron chi connectivity index (χ4n) is 3.19. The summed E-state index contributed by atoms with van der Waals surface area (Å²) >= 11 is 1.83. The van der Waals surface area contributed by atoms with Crippen LogP contribution >= 0.6 is 11.3 Å². The molecule has 1 saturated heterocycles. The van der Waals surface area contributed by atoms with Gasteiger partial charge in [-0.1, -0.05) is 0 Å². The van der Waals surface area contributed by atoms with Gasteiger partial charge in [0.05, 0.1) is 6.10 Å². The van der Waals surface area contributed by atoms with E-state index in [0.717, 1.165) is 32.6 Å². The van der Waals surface area contributed by atoms with Crippen molar-refractivity contribution in [3.8, 4) is 0 Å². The van der Waals surface area contributed by atoms with Gasteiger partial charge in [0.2, 0.25) is 5.91 Å². The fraction of sp³-hybridized carbons (Fsp3) is 0.688. The van der Waals surface area contributed by atoms with Gasteiger partial charge in [-0.2, -0.15) is 0 Å². The van der Waals surface area contributed by atoms with E-state index in [1.807, 2.05) is 23.2 Å². The normalized spacial score (nSPS) is 27.7. The minimum Gasteiger partial charge on any atom is -0.392 e. The van der Waals surface area contributed by atoms with Crippen LogP contribution in [0.3, 0.4) is 0 Å². The summed E-state index contributed by atoms with van der Waals surface area (Å²) in [6, 6.07) is 4.33. The van der Waals surface area contributed by atoms with Crippen molar-refractivity contribution >= 4 is 17.2 Å². The molecule has 1 N–H and O–H groups in total. The first-order chi connectivity index (χ1) is 10.0. The van der Waals surface area contributed by atoms with E-state index in [1.165, 1.54) is 9.75 Å². The number of hydrogen-bond acceptors (Lipinski definition) is 4. The summed E-state index contributed by atoms with van der Waals surface area (Å²) in [5.74, 6) is 1.01. The molecule has 116 valence electrons. The molecule has 1 aromatic heterocycles. The Morgan fingerprint density at radius 3 is 2.67 bits per heavy atom. The first-order valence-electron chi connectivity index (χ1n) is 7.80. The smallest absolute Gasteiger partial charge is 0.226 e. The number of β-amino-alcohol motifs (C(OH)–C–C–N with tert-alkyl or cyclic N) is 1. The molecule has 3 rings (SSSR count). The van der Waals surface area contributed by atoms with E-state index in [0.29, 0.717) is 18.4 Å². The van der Waals surface area contributed by atoms with Crippen LogP contribution in [-0.4, -0.2) is 59.6 Å². The highest BCUT2D eigenvalue weighted by Crippen LogP contribution is 2.50. The van der Waals surface area contributed by atoms with Gasteiger partial charge < -0.3 is 10.0 Å². The molecule has 3 unspecified atom stereocenters. The van der Waals surface area contributed by atoms with Crippen LogP contribution in [0.4, 0.5) is 0 Å². The van der Waals surface area contributed by atoms with Crippen LogP contribution in [0, 0.1) is 12.8 Å². The zero-order chi connectivity index (χ0) is 15.0. The molecule has 0 aromatic carbocycles. The number of nitrogens with zero attached hydrogens (tertiary/aromatic N) is 2. The Labute approximate surface area is 130 Å².